The van der Waals surface area contributed by atoms with Crippen LogP contribution < -0.4 is 27.4 Å². The summed E-state index contributed by atoms with van der Waals surface area (Å²) in [5, 5.41) is 18.5. The van der Waals surface area contributed by atoms with Crippen LogP contribution in [-0.2, 0) is 30.4 Å². The topological polar surface area (TPSA) is 200 Å². The van der Waals surface area contributed by atoms with Crippen LogP contribution in [0.3, 0.4) is 0 Å². The number of aliphatic carboxylic acids is 1. The number of amides is 4. The molecule has 0 radical (unpaired) electrons. The zero-order valence-electron chi connectivity index (χ0n) is 29.9. The third-order valence-corrected chi connectivity index (χ3v) is 10.2. The molecule has 13 heteroatoms. The smallest absolute Gasteiger partial charge is 0.323 e. The molecule has 2 saturated heterocycles. The van der Waals surface area contributed by atoms with Gasteiger partial charge < -0.3 is 42.3 Å². The van der Waals surface area contributed by atoms with Crippen LogP contribution in [0.4, 0.5) is 0 Å². The Hall–Kier alpha value is -4.33. The first-order chi connectivity index (χ1) is 24.5. The molecular weight excluding hydrogens is 650 g/mol. The first kappa shape index (κ1) is 39.5. The summed E-state index contributed by atoms with van der Waals surface area (Å²) in [7, 11) is 0. The molecule has 13 nitrogen and oxygen atoms in total. The van der Waals surface area contributed by atoms with Gasteiger partial charge in [0.1, 0.15) is 23.7 Å². The van der Waals surface area contributed by atoms with E-state index < -0.39 is 35.5 Å². The number of hydrogen-bond acceptors (Lipinski definition) is 8. The molecule has 2 fully saturated rings. The van der Waals surface area contributed by atoms with Gasteiger partial charge in [0, 0.05) is 32.1 Å². The maximum Gasteiger partial charge on any atom is 0.323 e. The SMILES string of the molecule is CCC(CNCC(=O)N[C@H](Cc1ccccc1)C(=O)N[C@@H]1CC(C)N([C@H](CCCCN)C(=O)N2CCC(N)(C(=O)O)CC2)C1=O)c1ccccc1. The summed E-state index contributed by atoms with van der Waals surface area (Å²) in [6, 6.07) is 16.5. The molecule has 51 heavy (non-hydrogen) atoms. The number of benzene rings is 2. The molecule has 0 spiro atoms. The van der Waals surface area contributed by atoms with E-state index in [2.05, 4.69) is 35.0 Å². The van der Waals surface area contributed by atoms with Crippen molar-refractivity contribution >= 4 is 29.6 Å². The van der Waals surface area contributed by atoms with Gasteiger partial charge in [-0.1, -0.05) is 67.6 Å². The number of carbonyl (C=O) groups is 5. The fourth-order valence-electron chi connectivity index (χ4n) is 7.11. The normalized spacial score (nSPS) is 20.4. The summed E-state index contributed by atoms with van der Waals surface area (Å²) in [6.07, 6.45) is 3.33. The predicted octanol–water partition coefficient (Wildman–Crippen LogP) is 1.51. The second-order valence-electron chi connectivity index (χ2n) is 13.9. The molecule has 0 bridgehead atoms. The van der Waals surface area contributed by atoms with Crippen LogP contribution in [0.1, 0.15) is 75.8 Å². The summed E-state index contributed by atoms with van der Waals surface area (Å²) in [4.78, 5) is 69.7. The molecule has 8 N–H and O–H groups in total. The number of piperidine rings is 1. The molecule has 278 valence electrons. The maximum atomic E-state index is 14.0. The minimum atomic E-state index is -1.39. The van der Waals surface area contributed by atoms with Gasteiger partial charge in [-0.3, -0.25) is 24.0 Å². The second kappa shape index (κ2) is 18.8. The lowest BCUT2D eigenvalue weighted by atomic mass is 9.88. The second-order valence-corrected chi connectivity index (χ2v) is 13.9. The number of hydrogen-bond donors (Lipinski definition) is 6. The highest BCUT2D eigenvalue weighted by molar-refractivity contribution is 5.96. The van der Waals surface area contributed by atoms with Crippen molar-refractivity contribution in [2.45, 2.75) is 101 Å². The van der Waals surface area contributed by atoms with Crippen molar-refractivity contribution in [2.75, 3.05) is 32.7 Å². The van der Waals surface area contributed by atoms with E-state index in [4.69, 9.17) is 11.5 Å². The van der Waals surface area contributed by atoms with Crippen LogP contribution in [0.2, 0.25) is 0 Å². The van der Waals surface area contributed by atoms with Gasteiger partial charge in [-0.25, -0.2) is 0 Å². The average Bonchev–Trinajstić information content (AvgIpc) is 3.40. The molecule has 2 aliphatic rings. The molecule has 0 saturated carbocycles. The van der Waals surface area contributed by atoms with Gasteiger partial charge in [0.25, 0.3) is 0 Å². The van der Waals surface area contributed by atoms with Crippen molar-refractivity contribution in [3.63, 3.8) is 0 Å². The summed E-state index contributed by atoms with van der Waals surface area (Å²) in [5.41, 5.74) is 12.4. The maximum absolute atomic E-state index is 14.0. The summed E-state index contributed by atoms with van der Waals surface area (Å²) in [5.74, 6) is -2.30. The number of carbonyl (C=O) groups excluding carboxylic acids is 4. The van der Waals surface area contributed by atoms with Crippen molar-refractivity contribution in [1.82, 2.24) is 25.8 Å². The van der Waals surface area contributed by atoms with Crippen molar-refractivity contribution in [1.29, 1.82) is 0 Å². The highest BCUT2D eigenvalue weighted by Gasteiger charge is 2.46. The molecule has 2 aromatic carbocycles. The molecule has 4 rings (SSSR count). The van der Waals surface area contributed by atoms with E-state index in [0.29, 0.717) is 38.8 Å². The standard InChI is InChI=1S/C38H55N7O6/c1-3-28(29-14-8-5-9-15-29)24-41-25-33(46)42-30(23-27-12-6-4-7-13-27)34(47)43-31-22-26(2)45(35(31)48)32(16-10-11-19-39)36(49)44-20-17-38(40,18-21-44)37(50)51/h4-9,12-15,26,28,30-32,41H,3,10-11,16-25,39-40H2,1-2H3,(H,42,46)(H,43,47)(H,50,51)/t26?,28?,30-,31-,32-/m1/s1. The zero-order chi connectivity index (χ0) is 37.0. The van der Waals surface area contributed by atoms with Crippen LogP contribution in [0.15, 0.2) is 60.7 Å². The number of nitrogens with two attached hydrogens (primary N) is 2. The number of carboxylic acids is 1. The van der Waals surface area contributed by atoms with Crippen molar-refractivity contribution in [3.8, 4) is 0 Å². The minimum Gasteiger partial charge on any atom is -0.480 e. The Morgan fingerprint density at radius 1 is 1.00 bits per heavy atom. The van der Waals surface area contributed by atoms with Crippen LogP contribution >= 0.6 is 0 Å². The van der Waals surface area contributed by atoms with E-state index in [0.717, 1.165) is 12.0 Å². The Morgan fingerprint density at radius 3 is 2.25 bits per heavy atom. The minimum absolute atomic E-state index is 0.0237. The fraction of sp³-hybridized carbons (Fsp3) is 0.553. The summed E-state index contributed by atoms with van der Waals surface area (Å²) < 4.78 is 0. The quantitative estimate of drug-likeness (QED) is 0.124. The van der Waals surface area contributed by atoms with Crippen LogP contribution in [0.25, 0.3) is 0 Å². The van der Waals surface area contributed by atoms with Crippen molar-refractivity contribution in [2.24, 2.45) is 11.5 Å². The molecule has 0 aliphatic carbocycles. The number of carboxylic acid groups (broad SMARTS) is 1. The van der Waals surface area contributed by atoms with Gasteiger partial charge in [0.2, 0.25) is 23.6 Å². The van der Waals surface area contributed by atoms with Gasteiger partial charge in [-0.2, -0.15) is 0 Å². The van der Waals surface area contributed by atoms with Crippen molar-refractivity contribution < 1.29 is 29.1 Å². The molecule has 4 amide bonds. The lowest BCUT2D eigenvalue weighted by Crippen LogP contribution is -2.60. The Bertz CT molecular complexity index is 1470. The summed E-state index contributed by atoms with van der Waals surface area (Å²) in [6.45, 7) is 5.37. The largest absolute Gasteiger partial charge is 0.480 e. The number of nitrogens with zero attached hydrogens (tertiary/aromatic N) is 2. The Morgan fingerprint density at radius 2 is 1.65 bits per heavy atom. The van der Waals surface area contributed by atoms with Gasteiger partial charge in [0.15, 0.2) is 0 Å². The zero-order valence-corrected chi connectivity index (χ0v) is 29.9. The van der Waals surface area contributed by atoms with Crippen LogP contribution in [-0.4, -0.2) is 107 Å². The van der Waals surface area contributed by atoms with E-state index >= 15 is 0 Å². The van der Waals surface area contributed by atoms with Gasteiger partial charge in [0.05, 0.1) is 6.54 Å². The molecule has 0 aromatic heterocycles. The molecule has 2 aliphatic heterocycles. The van der Waals surface area contributed by atoms with Gasteiger partial charge in [-0.15, -0.1) is 0 Å². The Labute approximate surface area is 300 Å². The molecular formula is C38H55N7O6. The third kappa shape index (κ3) is 10.6. The number of nitrogens with one attached hydrogen (secondary N) is 3. The van der Waals surface area contributed by atoms with Gasteiger partial charge in [-0.05, 0) is 75.5 Å². The number of unbranched alkanes of at least 4 members (excludes halogenated alkanes) is 1. The molecule has 5 atom stereocenters. The first-order valence-electron chi connectivity index (χ1n) is 18.2. The lowest BCUT2D eigenvalue weighted by molar-refractivity contribution is -0.151. The van der Waals surface area contributed by atoms with Crippen LogP contribution in [0.5, 0.6) is 0 Å². The van der Waals surface area contributed by atoms with Crippen molar-refractivity contribution in [3.05, 3.63) is 71.8 Å². The van der Waals surface area contributed by atoms with E-state index in [-0.39, 0.29) is 68.6 Å². The van der Waals surface area contributed by atoms with E-state index in [9.17, 15) is 29.1 Å². The fourth-order valence-corrected chi connectivity index (χ4v) is 7.11. The van der Waals surface area contributed by atoms with E-state index in [1.807, 2.05) is 55.5 Å². The van der Waals surface area contributed by atoms with Gasteiger partial charge >= 0.3 is 5.97 Å². The summed E-state index contributed by atoms with van der Waals surface area (Å²) >= 11 is 0. The number of likely N-dealkylation sites (tertiary alicyclic amines) is 2. The molecule has 2 unspecified atom stereocenters. The highest BCUT2D eigenvalue weighted by Crippen LogP contribution is 2.28. The average molecular weight is 706 g/mol. The van der Waals surface area contributed by atoms with E-state index in [1.54, 1.807) is 9.80 Å². The van der Waals surface area contributed by atoms with E-state index in [1.165, 1.54) is 5.56 Å². The molecule has 2 aromatic rings. The highest BCUT2D eigenvalue weighted by atomic mass is 16.4. The monoisotopic (exact) mass is 705 g/mol. The first-order valence-corrected chi connectivity index (χ1v) is 18.2. The number of rotatable bonds is 18. The predicted molar refractivity (Wildman–Crippen MR) is 194 cm³/mol. The molecule has 2 heterocycles. The third-order valence-electron chi connectivity index (χ3n) is 10.2. The Kier molecular flexibility index (Phi) is 14.5. The van der Waals surface area contributed by atoms with Crippen LogP contribution in [0, 0.1) is 0 Å². The Balaban J connectivity index is 1.42. The lowest BCUT2D eigenvalue weighted by Gasteiger charge is -2.40.